The van der Waals surface area contributed by atoms with E-state index in [0.717, 1.165) is 32.4 Å². The van der Waals surface area contributed by atoms with Gasteiger partial charge in [-0.15, -0.1) is 0 Å². The Balaban J connectivity index is 2.16. The number of rotatable bonds is 4. The van der Waals surface area contributed by atoms with Crippen LogP contribution in [0.2, 0.25) is 0 Å². The topological polar surface area (TPSA) is 64.3 Å². The fourth-order valence-corrected chi connectivity index (χ4v) is 1.86. The van der Waals surface area contributed by atoms with E-state index >= 15 is 0 Å². The largest absolute Gasteiger partial charge is 0.481 e. The summed E-state index contributed by atoms with van der Waals surface area (Å²) in [6.45, 7) is 2.39. The molecule has 4 heteroatoms. The molecule has 1 N–H and O–H groups in total. The van der Waals surface area contributed by atoms with Crippen molar-refractivity contribution < 1.29 is 9.90 Å². The number of piperidine rings is 1. The Labute approximate surface area is 84.1 Å². The van der Waals surface area contributed by atoms with Crippen molar-refractivity contribution in [2.24, 2.45) is 5.92 Å². The minimum absolute atomic E-state index is 0.281. The number of nitrogens with zero attached hydrogens (tertiary/aromatic N) is 2. The number of hydrogen-bond donors (Lipinski definition) is 1. The molecule has 0 spiro atoms. The molecular weight excluding hydrogens is 180 g/mol. The van der Waals surface area contributed by atoms with Crippen molar-refractivity contribution in [1.82, 2.24) is 4.90 Å². The van der Waals surface area contributed by atoms with Gasteiger partial charge in [0.25, 0.3) is 0 Å². The van der Waals surface area contributed by atoms with Gasteiger partial charge in [-0.1, -0.05) is 0 Å². The number of nitriles is 1. The predicted molar refractivity (Wildman–Crippen MR) is 51.6 cm³/mol. The first-order chi connectivity index (χ1) is 6.72. The monoisotopic (exact) mass is 196 g/mol. The lowest BCUT2D eigenvalue weighted by Crippen LogP contribution is -2.34. The van der Waals surface area contributed by atoms with E-state index in [2.05, 4.69) is 11.0 Å². The van der Waals surface area contributed by atoms with Crippen LogP contribution >= 0.6 is 0 Å². The molecule has 0 unspecified atom stereocenters. The van der Waals surface area contributed by atoms with Gasteiger partial charge in [0.1, 0.15) is 0 Å². The van der Waals surface area contributed by atoms with Crippen LogP contribution < -0.4 is 0 Å². The maximum atomic E-state index is 10.4. The van der Waals surface area contributed by atoms with Gasteiger partial charge in [0.2, 0.25) is 0 Å². The molecule has 1 heterocycles. The van der Waals surface area contributed by atoms with E-state index < -0.39 is 5.97 Å². The third-order valence-corrected chi connectivity index (χ3v) is 2.77. The fraction of sp³-hybridized carbons (Fsp3) is 0.800. The fourth-order valence-electron chi connectivity index (χ4n) is 1.86. The van der Waals surface area contributed by atoms with Crippen molar-refractivity contribution in [3.8, 4) is 6.07 Å². The van der Waals surface area contributed by atoms with Gasteiger partial charge in [0.05, 0.1) is 12.6 Å². The van der Waals surface area contributed by atoms with Crippen molar-refractivity contribution in [3.05, 3.63) is 0 Å². The number of hydrogen-bond acceptors (Lipinski definition) is 3. The molecule has 0 aromatic heterocycles. The number of carboxylic acids is 1. The van der Waals surface area contributed by atoms with Crippen LogP contribution in [0.5, 0.6) is 0 Å². The third kappa shape index (κ3) is 3.75. The molecule has 1 aliphatic heterocycles. The minimum atomic E-state index is -0.704. The molecule has 1 saturated heterocycles. The lowest BCUT2D eigenvalue weighted by atomic mass is 9.92. The van der Waals surface area contributed by atoms with Crippen molar-refractivity contribution in [2.45, 2.75) is 25.7 Å². The summed E-state index contributed by atoms with van der Waals surface area (Å²) in [7, 11) is 0. The molecule has 1 aliphatic rings. The van der Waals surface area contributed by atoms with E-state index in [0.29, 0.717) is 12.5 Å². The van der Waals surface area contributed by atoms with Crippen LogP contribution in [0, 0.1) is 17.2 Å². The summed E-state index contributed by atoms with van der Waals surface area (Å²) in [6.07, 6.45) is 3.14. The Bertz CT molecular complexity index is 227. The normalized spacial score (nSPS) is 19.1. The maximum Gasteiger partial charge on any atom is 0.303 e. The van der Waals surface area contributed by atoms with Crippen molar-refractivity contribution >= 4 is 5.97 Å². The number of aliphatic carboxylic acids is 1. The van der Waals surface area contributed by atoms with Gasteiger partial charge in [0.15, 0.2) is 0 Å². The van der Waals surface area contributed by atoms with E-state index in [9.17, 15) is 4.79 Å². The zero-order valence-corrected chi connectivity index (χ0v) is 8.28. The summed E-state index contributed by atoms with van der Waals surface area (Å²) in [5, 5.41) is 17.0. The Hall–Kier alpha value is -1.08. The second kappa shape index (κ2) is 5.61. The molecule has 1 fully saturated rings. The Morgan fingerprint density at radius 2 is 2.14 bits per heavy atom. The Morgan fingerprint density at radius 3 is 2.64 bits per heavy atom. The van der Waals surface area contributed by atoms with E-state index in [4.69, 9.17) is 10.4 Å². The Kier molecular flexibility index (Phi) is 4.41. The smallest absolute Gasteiger partial charge is 0.303 e. The van der Waals surface area contributed by atoms with Gasteiger partial charge in [-0.05, 0) is 38.3 Å². The molecule has 0 aromatic rings. The number of likely N-dealkylation sites (tertiary alicyclic amines) is 1. The van der Waals surface area contributed by atoms with Crippen LogP contribution in [0.15, 0.2) is 0 Å². The summed E-state index contributed by atoms with van der Waals surface area (Å²) in [6, 6.07) is 2.13. The molecular formula is C10H16N2O2. The van der Waals surface area contributed by atoms with Crippen LogP contribution in [-0.2, 0) is 4.79 Å². The zero-order chi connectivity index (χ0) is 10.4. The first-order valence-electron chi connectivity index (χ1n) is 5.03. The molecule has 0 aliphatic carbocycles. The van der Waals surface area contributed by atoms with Crippen LogP contribution in [0.3, 0.4) is 0 Å². The summed E-state index contributed by atoms with van der Waals surface area (Å²) in [5.41, 5.74) is 0. The number of carbonyl (C=O) groups is 1. The molecule has 0 atom stereocenters. The van der Waals surface area contributed by atoms with Gasteiger partial charge in [0, 0.05) is 6.42 Å². The third-order valence-electron chi connectivity index (χ3n) is 2.77. The highest BCUT2D eigenvalue weighted by Gasteiger charge is 2.19. The molecule has 0 bridgehead atoms. The average Bonchev–Trinajstić information content (AvgIpc) is 2.17. The standard InChI is InChI=1S/C10H16N2O2/c11-5-8-12-6-3-9(4-7-12)1-2-10(13)14/h9H,1-4,6-8H2,(H,13,14). The molecule has 0 amide bonds. The average molecular weight is 196 g/mol. The minimum Gasteiger partial charge on any atom is -0.481 e. The first kappa shape index (κ1) is 11.0. The van der Waals surface area contributed by atoms with Crippen LogP contribution in [0.4, 0.5) is 0 Å². The van der Waals surface area contributed by atoms with Gasteiger partial charge < -0.3 is 5.11 Å². The molecule has 4 nitrogen and oxygen atoms in total. The van der Waals surface area contributed by atoms with E-state index in [-0.39, 0.29) is 6.42 Å². The molecule has 0 radical (unpaired) electrons. The van der Waals surface area contributed by atoms with Crippen LogP contribution in [0.1, 0.15) is 25.7 Å². The highest BCUT2D eigenvalue weighted by Crippen LogP contribution is 2.21. The molecule has 1 rings (SSSR count). The van der Waals surface area contributed by atoms with Crippen molar-refractivity contribution in [1.29, 1.82) is 5.26 Å². The van der Waals surface area contributed by atoms with Crippen molar-refractivity contribution in [3.63, 3.8) is 0 Å². The van der Waals surface area contributed by atoms with Gasteiger partial charge in [-0.25, -0.2) is 0 Å². The molecule has 0 aromatic carbocycles. The van der Waals surface area contributed by atoms with Gasteiger partial charge >= 0.3 is 5.97 Å². The van der Waals surface area contributed by atoms with Crippen LogP contribution in [0.25, 0.3) is 0 Å². The SMILES string of the molecule is N#CCN1CCC(CCC(=O)O)CC1. The second-order valence-corrected chi connectivity index (χ2v) is 3.81. The van der Waals surface area contributed by atoms with E-state index in [1.807, 2.05) is 0 Å². The zero-order valence-electron chi connectivity index (χ0n) is 8.28. The van der Waals surface area contributed by atoms with Crippen molar-refractivity contribution in [2.75, 3.05) is 19.6 Å². The summed E-state index contributed by atoms with van der Waals surface area (Å²) in [4.78, 5) is 12.5. The highest BCUT2D eigenvalue weighted by molar-refractivity contribution is 5.66. The van der Waals surface area contributed by atoms with Gasteiger partial charge in [-0.3, -0.25) is 9.69 Å². The summed E-state index contributed by atoms with van der Waals surface area (Å²) < 4.78 is 0. The van der Waals surface area contributed by atoms with E-state index in [1.54, 1.807) is 0 Å². The lowest BCUT2D eigenvalue weighted by molar-refractivity contribution is -0.137. The summed E-state index contributed by atoms with van der Waals surface area (Å²) in [5.74, 6) is -0.162. The maximum absolute atomic E-state index is 10.4. The first-order valence-corrected chi connectivity index (χ1v) is 5.03. The highest BCUT2D eigenvalue weighted by atomic mass is 16.4. The molecule has 0 saturated carbocycles. The van der Waals surface area contributed by atoms with Crippen LogP contribution in [-0.4, -0.2) is 35.6 Å². The quantitative estimate of drug-likeness (QED) is 0.683. The predicted octanol–water partition coefficient (Wildman–Crippen LogP) is 1.09. The van der Waals surface area contributed by atoms with E-state index in [1.165, 1.54) is 0 Å². The summed E-state index contributed by atoms with van der Waals surface area (Å²) >= 11 is 0. The number of carboxylic acid groups (broad SMARTS) is 1. The second-order valence-electron chi connectivity index (χ2n) is 3.81. The Morgan fingerprint density at radius 1 is 1.50 bits per heavy atom. The lowest BCUT2D eigenvalue weighted by Gasteiger charge is -2.29. The molecule has 78 valence electrons. The van der Waals surface area contributed by atoms with Gasteiger partial charge in [-0.2, -0.15) is 5.26 Å². The molecule has 14 heavy (non-hydrogen) atoms.